The predicted octanol–water partition coefficient (Wildman–Crippen LogP) is 4.01. The van der Waals surface area contributed by atoms with Crippen LogP contribution in [0.4, 0.5) is 5.69 Å². The topological polar surface area (TPSA) is 60.7 Å². The molecule has 0 aliphatic rings. The van der Waals surface area contributed by atoms with E-state index >= 15 is 0 Å². The number of aryl methyl sites for hydroxylation is 1. The highest BCUT2D eigenvalue weighted by Gasteiger charge is 2.19. The first-order valence-electron chi connectivity index (χ1n) is 7.15. The van der Waals surface area contributed by atoms with E-state index in [2.05, 4.69) is 5.32 Å². The van der Waals surface area contributed by atoms with E-state index in [-0.39, 0.29) is 5.91 Å². The third-order valence-electron chi connectivity index (χ3n) is 3.65. The van der Waals surface area contributed by atoms with Crippen molar-refractivity contribution in [2.75, 3.05) is 19.5 Å². The molecule has 23 heavy (non-hydrogen) atoms. The fourth-order valence-corrected chi connectivity index (χ4v) is 2.55. The molecule has 2 aromatic carbocycles. The summed E-state index contributed by atoms with van der Waals surface area (Å²) in [5.74, 6) is 1.52. The normalized spacial score (nSPS) is 10.6. The Kier molecular flexibility index (Phi) is 3.93. The third-order valence-corrected chi connectivity index (χ3v) is 3.65. The number of carbonyl (C=O) groups is 1. The number of anilines is 1. The smallest absolute Gasteiger partial charge is 0.259 e. The number of para-hydroxylation sites is 1. The molecule has 1 aromatic heterocycles. The summed E-state index contributed by atoms with van der Waals surface area (Å²) in [4.78, 5) is 12.7. The van der Waals surface area contributed by atoms with Gasteiger partial charge in [-0.15, -0.1) is 0 Å². The van der Waals surface area contributed by atoms with Crippen molar-refractivity contribution in [3.63, 3.8) is 0 Å². The monoisotopic (exact) mass is 311 g/mol. The van der Waals surface area contributed by atoms with Gasteiger partial charge in [-0.2, -0.15) is 0 Å². The van der Waals surface area contributed by atoms with Gasteiger partial charge in [-0.3, -0.25) is 4.79 Å². The summed E-state index contributed by atoms with van der Waals surface area (Å²) in [5, 5.41) is 3.65. The third kappa shape index (κ3) is 2.73. The Morgan fingerprint density at radius 2 is 1.87 bits per heavy atom. The maximum absolute atomic E-state index is 12.7. The van der Waals surface area contributed by atoms with E-state index in [1.807, 2.05) is 24.3 Å². The fourth-order valence-electron chi connectivity index (χ4n) is 2.55. The van der Waals surface area contributed by atoms with Gasteiger partial charge < -0.3 is 19.2 Å². The maximum Gasteiger partial charge on any atom is 0.259 e. The van der Waals surface area contributed by atoms with Crippen molar-refractivity contribution in [2.24, 2.45) is 0 Å². The van der Waals surface area contributed by atoms with E-state index < -0.39 is 0 Å². The van der Waals surface area contributed by atoms with Gasteiger partial charge in [0, 0.05) is 11.5 Å². The van der Waals surface area contributed by atoms with Crippen molar-refractivity contribution in [1.82, 2.24) is 0 Å². The molecule has 3 aromatic rings. The van der Waals surface area contributed by atoms with Crippen molar-refractivity contribution in [3.8, 4) is 11.5 Å². The molecule has 5 nitrogen and oxygen atoms in total. The fraction of sp³-hybridized carbons (Fsp3) is 0.167. The molecule has 1 N–H and O–H groups in total. The number of hydrogen-bond donors (Lipinski definition) is 1. The minimum absolute atomic E-state index is 0.251. The molecule has 0 bridgehead atoms. The number of carbonyl (C=O) groups excluding carboxylic acids is 1. The Bertz CT molecular complexity index is 867. The minimum Gasteiger partial charge on any atom is -0.497 e. The average Bonchev–Trinajstić information content (AvgIpc) is 2.90. The zero-order valence-corrected chi connectivity index (χ0v) is 13.2. The first kappa shape index (κ1) is 15.0. The number of methoxy groups -OCH3 is 2. The number of rotatable bonds is 4. The summed E-state index contributed by atoms with van der Waals surface area (Å²) in [6.45, 7) is 1.78. The summed E-state index contributed by atoms with van der Waals surface area (Å²) in [6.07, 6.45) is 0. The van der Waals surface area contributed by atoms with Crippen molar-refractivity contribution in [2.45, 2.75) is 6.92 Å². The molecule has 0 saturated carbocycles. The zero-order valence-electron chi connectivity index (χ0n) is 13.2. The van der Waals surface area contributed by atoms with Gasteiger partial charge in [-0.25, -0.2) is 0 Å². The number of furan rings is 1. The van der Waals surface area contributed by atoms with Gasteiger partial charge in [0.1, 0.15) is 22.8 Å². The van der Waals surface area contributed by atoms with Gasteiger partial charge in [0.05, 0.1) is 25.5 Å². The first-order valence-corrected chi connectivity index (χ1v) is 7.15. The molecule has 0 spiro atoms. The lowest BCUT2D eigenvalue weighted by Gasteiger charge is -2.11. The van der Waals surface area contributed by atoms with Crippen molar-refractivity contribution >= 4 is 22.6 Å². The van der Waals surface area contributed by atoms with Crippen LogP contribution in [0.5, 0.6) is 11.5 Å². The SMILES string of the molecule is COc1ccc(OC)c(NC(=O)c2c(C)oc3ccccc23)c1. The second-order valence-electron chi connectivity index (χ2n) is 5.05. The Labute approximate surface area is 133 Å². The Morgan fingerprint density at radius 1 is 1.09 bits per heavy atom. The highest BCUT2D eigenvalue weighted by atomic mass is 16.5. The van der Waals surface area contributed by atoms with Crippen LogP contribution in [0.25, 0.3) is 11.0 Å². The van der Waals surface area contributed by atoms with Gasteiger partial charge in [0.25, 0.3) is 5.91 Å². The molecule has 0 aliphatic heterocycles. The van der Waals surface area contributed by atoms with Gasteiger partial charge in [-0.1, -0.05) is 18.2 Å². The molecule has 0 radical (unpaired) electrons. The van der Waals surface area contributed by atoms with Crippen LogP contribution in [0.3, 0.4) is 0 Å². The Morgan fingerprint density at radius 3 is 2.61 bits per heavy atom. The molecule has 0 fully saturated rings. The first-order chi connectivity index (χ1) is 11.1. The molecule has 0 saturated heterocycles. The largest absolute Gasteiger partial charge is 0.497 e. The molecule has 5 heteroatoms. The van der Waals surface area contributed by atoms with Crippen LogP contribution in [0.1, 0.15) is 16.1 Å². The van der Waals surface area contributed by atoms with Crippen LogP contribution in [0, 0.1) is 6.92 Å². The Hall–Kier alpha value is -2.95. The van der Waals surface area contributed by atoms with Crippen LogP contribution >= 0.6 is 0 Å². The van der Waals surface area contributed by atoms with E-state index in [4.69, 9.17) is 13.9 Å². The molecule has 118 valence electrons. The number of ether oxygens (including phenoxy) is 2. The number of amides is 1. The summed E-state index contributed by atoms with van der Waals surface area (Å²) in [5.41, 5.74) is 1.75. The van der Waals surface area contributed by atoms with Crippen molar-refractivity contribution in [1.29, 1.82) is 0 Å². The lowest BCUT2D eigenvalue weighted by molar-refractivity contribution is 0.102. The molecule has 0 aliphatic carbocycles. The zero-order chi connectivity index (χ0) is 16.4. The number of benzene rings is 2. The van der Waals surface area contributed by atoms with E-state index in [0.29, 0.717) is 34.1 Å². The molecule has 3 rings (SSSR count). The van der Waals surface area contributed by atoms with Crippen LogP contribution in [-0.2, 0) is 0 Å². The molecular formula is C18H17NO4. The van der Waals surface area contributed by atoms with E-state index in [1.54, 1.807) is 39.3 Å². The lowest BCUT2D eigenvalue weighted by atomic mass is 10.1. The Balaban J connectivity index is 1.99. The van der Waals surface area contributed by atoms with E-state index in [0.717, 1.165) is 5.39 Å². The summed E-state index contributed by atoms with van der Waals surface area (Å²) in [7, 11) is 3.12. The highest BCUT2D eigenvalue weighted by molar-refractivity contribution is 6.13. The molecule has 1 heterocycles. The van der Waals surface area contributed by atoms with Crippen LogP contribution in [0.2, 0.25) is 0 Å². The van der Waals surface area contributed by atoms with Gasteiger partial charge in [-0.05, 0) is 25.1 Å². The highest BCUT2D eigenvalue weighted by Crippen LogP contribution is 2.31. The van der Waals surface area contributed by atoms with Gasteiger partial charge in [0.2, 0.25) is 0 Å². The molecule has 0 atom stereocenters. The van der Waals surface area contributed by atoms with Gasteiger partial charge in [0.15, 0.2) is 0 Å². The summed E-state index contributed by atoms with van der Waals surface area (Å²) >= 11 is 0. The average molecular weight is 311 g/mol. The molecular weight excluding hydrogens is 294 g/mol. The predicted molar refractivity (Wildman–Crippen MR) is 88.5 cm³/mol. The summed E-state index contributed by atoms with van der Waals surface area (Å²) < 4.78 is 16.1. The van der Waals surface area contributed by atoms with Crippen LogP contribution in [-0.4, -0.2) is 20.1 Å². The standard InChI is InChI=1S/C18H17NO4/c1-11-17(13-6-4-5-7-15(13)23-11)18(20)19-14-10-12(21-2)8-9-16(14)22-3/h4-10H,1-3H3,(H,19,20). The number of nitrogens with one attached hydrogen (secondary N) is 1. The minimum atomic E-state index is -0.251. The quantitative estimate of drug-likeness (QED) is 0.791. The molecule has 0 unspecified atom stereocenters. The van der Waals surface area contributed by atoms with E-state index in [1.165, 1.54) is 0 Å². The second kappa shape index (κ2) is 6.04. The van der Waals surface area contributed by atoms with Crippen molar-refractivity contribution in [3.05, 3.63) is 53.8 Å². The van der Waals surface area contributed by atoms with E-state index in [9.17, 15) is 4.79 Å². The number of fused-ring (bicyclic) bond motifs is 1. The summed E-state index contributed by atoms with van der Waals surface area (Å²) in [6, 6.07) is 12.7. The van der Waals surface area contributed by atoms with Crippen molar-refractivity contribution < 1.29 is 18.7 Å². The van der Waals surface area contributed by atoms with Crippen LogP contribution < -0.4 is 14.8 Å². The number of hydrogen-bond acceptors (Lipinski definition) is 4. The lowest BCUT2D eigenvalue weighted by Crippen LogP contribution is -2.13. The second-order valence-corrected chi connectivity index (χ2v) is 5.05. The maximum atomic E-state index is 12.7. The van der Waals surface area contributed by atoms with Gasteiger partial charge >= 0.3 is 0 Å². The van der Waals surface area contributed by atoms with Crippen LogP contribution in [0.15, 0.2) is 46.9 Å². The molecule has 1 amide bonds.